The monoisotopic (exact) mass is 304 g/mol. The molecule has 1 saturated heterocycles. The van der Waals surface area contributed by atoms with Crippen molar-refractivity contribution in [2.75, 3.05) is 6.54 Å². The van der Waals surface area contributed by atoms with Gasteiger partial charge in [0.15, 0.2) is 0 Å². The topological polar surface area (TPSA) is 101 Å². The lowest BCUT2D eigenvalue weighted by atomic mass is 9.96. The first-order valence-corrected chi connectivity index (χ1v) is 7.41. The van der Waals surface area contributed by atoms with Gasteiger partial charge in [-0.1, -0.05) is 0 Å². The maximum absolute atomic E-state index is 12.6. The van der Waals surface area contributed by atoms with Crippen molar-refractivity contribution in [3.8, 4) is 0 Å². The minimum atomic E-state index is -0.844. The lowest BCUT2D eigenvalue weighted by molar-refractivity contribution is -0.137. The van der Waals surface area contributed by atoms with E-state index in [1.807, 2.05) is 0 Å². The van der Waals surface area contributed by atoms with Crippen molar-refractivity contribution < 1.29 is 19.5 Å². The second kappa shape index (κ2) is 7.06. The molecule has 118 valence electrons. The summed E-state index contributed by atoms with van der Waals surface area (Å²) in [5.74, 6) is -1.49. The molecule has 0 radical (unpaired) electrons. The molecule has 1 unspecified atom stereocenters. The maximum Gasteiger partial charge on any atom is 0.303 e. The number of carboxylic acid groups (broad SMARTS) is 1. The van der Waals surface area contributed by atoms with Gasteiger partial charge in [0.05, 0.1) is 0 Å². The number of hydrogen-bond acceptors (Lipinski definition) is 3. The number of nitrogens with two attached hydrogens (primary N) is 1. The molecule has 1 aliphatic rings. The van der Waals surface area contributed by atoms with E-state index in [4.69, 9.17) is 10.8 Å². The molecule has 6 nitrogen and oxygen atoms in total. The van der Waals surface area contributed by atoms with Crippen LogP contribution in [0, 0.1) is 0 Å². The van der Waals surface area contributed by atoms with E-state index in [1.54, 1.807) is 17.0 Å². The number of likely N-dealkylation sites (tertiary alicyclic amines) is 1. The van der Waals surface area contributed by atoms with Gasteiger partial charge < -0.3 is 15.7 Å². The zero-order chi connectivity index (χ0) is 16.1. The molecule has 2 rings (SSSR count). The number of benzene rings is 1. The molecule has 2 amide bonds. The van der Waals surface area contributed by atoms with E-state index in [-0.39, 0.29) is 18.4 Å². The van der Waals surface area contributed by atoms with Crippen molar-refractivity contribution in [2.45, 2.75) is 38.1 Å². The predicted octanol–water partition coefficient (Wildman–Crippen LogP) is 1.64. The lowest BCUT2D eigenvalue weighted by Crippen LogP contribution is -2.44. The van der Waals surface area contributed by atoms with Gasteiger partial charge in [-0.2, -0.15) is 0 Å². The average Bonchev–Trinajstić information content (AvgIpc) is 2.52. The van der Waals surface area contributed by atoms with Crippen LogP contribution < -0.4 is 5.73 Å². The van der Waals surface area contributed by atoms with Crippen molar-refractivity contribution >= 4 is 17.8 Å². The maximum atomic E-state index is 12.6. The molecule has 6 heteroatoms. The number of carboxylic acids is 1. The number of carbonyl (C=O) groups is 3. The highest BCUT2D eigenvalue weighted by atomic mass is 16.4. The summed E-state index contributed by atoms with van der Waals surface area (Å²) >= 11 is 0. The van der Waals surface area contributed by atoms with E-state index in [1.165, 1.54) is 12.1 Å². The van der Waals surface area contributed by atoms with Crippen LogP contribution in [-0.2, 0) is 4.79 Å². The van der Waals surface area contributed by atoms with Gasteiger partial charge in [0.1, 0.15) is 0 Å². The number of carbonyl (C=O) groups excluding carboxylic acids is 2. The Hall–Kier alpha value is -2.37. The lowest BCUT2D eigenvalue weighted by Gasteiger charge is -2.35. The van der Waals surface area contributed by atoms with Crippen LogP contribution in [0.1, 0.15) is 52.8 Å². The first kappa shape index (κ1) is 16.0. The third-order valence-corrected chi connectivity index (χ3v) is 4.00. The Morgan fingerprint density at radius 3 is 2.36 bits per heavy atom. The van der Waals surface area contributed by atoms with Crippen LogP contribution in [0.25, 0.3) is 0 Å². The summed E-state index contributed by atoms with van der Waals surface area (Å²) in [5.41, 5.74) is 6.03. The van der Waals surface area contributed by atoms with Crippen LogP contribution in [-0.4, -0.2) is 40.4 Å². The molecule has 1 heterocycles. The van der Waals surface area contributed by atoms with Gasteiger partial charge in [0.25, 0.3) is 5.91 Å². The standard InChI is InChI=1S/C16H20N2O4/c17-15(21)11-4-6-12(7-5-11)16(22)18-10-2-1-3-13(18)8-9-14(19)20/h4-7,13H,1-3,8-10H2,(H2,17,21)(H,19,20). The number of rotatable bonds is 5. The van der Waals surface area contributed by atoms with Gasteiger partial charge in [0.2, 0.25) is 5.91 Å². The van der Waals surface area contributed by atoms with Gasteiger partial charge in [-0.05, 0) is 49.9 Å². The van der Waals surface area contributed by atoms with Crippen LogP contribution in [0.15, 0.2) is 24.3 Å². The van der Waals surface area contributed by atoms with Crippen molar-refractivity contribution in [3.63, 3.8) is 0 Å². The predicted molar refractivity (Wildman–Crippen MR) is 80.5 cm³/mol. The van der Waals surface area contributed by atoms with E-state index in [0.717, 1.165) is 19.3 Å². The Morgan fingerprint density at radius 1 is 1.14 bits per heavy atom. The van der Waals surface area contributed by atoms with Crippen LogP contribution in [0.3, 0.4) is 0 Å². The Morgan fingerprint density at radius 2 is 1.77 bits per heavy atom. The zero-order valence-corrected chi connectivity index (χ0v) is 12.3. The molecule has 3 N–H and O–H groups in total. The van der Waals surface area contributed by atoms with Gasteiger partial charge in [-0.3, -0.25) is 14.4 Å². The van der Waals surface area contributed by atoms with Gasteiger partial charge in [0, 0.05) is 30.1 Å². The number of aliphatic carboxylic acids is 1. The smallest absolute Gasteiger partial charge is 0.303 e. The summed E-state index contributed by atoms with van der Waals surface area (Å²) in [5, 5.41) is 8.82. The molecule has 0 aliphatic carbocycles. The number of primary amides is 1. The Kier molecular flexibility index (Phi) is 5.14. The van der Waals surface area contributed by atoms with Gasteiger partial charge in [-0.25, -0.2) is 0 Å². The van der Waals surface area contributed by atoms with Crippen molar-refractivity contribution in [3.05, 3.63) is 35.4 Å². The van der Waals surface area contributed by atoms with E-state index in [0.29, 0.717) is 24.1 Å². The molecule has 0 saturated carbocycles. The number of nitrogens with zero attached hydrogens (tertiary/aromatic N) is 1. The normalized spacial score (nSPS) is 18.0. The highest BCUT2D eigenvalue weighted by molar-refractivity contribution is 5.97. The summed E-state index contributed by atoms with van der Waals surface area (Å²) in [6.07, 6.45) is 3.30. The van der Waals surface area contributed by atoms with Crippen molar-refractivity contribution in [1.82, 2.24) is 4.90 Å². The van der Waals surface area contributed by atoms with Crippen LogP contribution in [0.5, 0.6) is 0 Å². The summed E-state index contributed by atoms with van der Waals surface area (Å²) < 4.78 is 0. The minimum Gasteiger partial charge on any atom is -0.481 e. The highest BCUT2D eigenvalue weighted by Gasteiger charge is 2.27. The van der Waals surface area contributed by atoms with Gasteiger partial charge >= 0.3 is 5.97 Å². The fourth-order valence-corrected chi connectivity index (χ4v) is 2.80. The third kappa shape index (κ3) is 3.84. The Bertz CT molecular complexity index is 568. The van der Waals surface area contributed by atoms with Gasteiger partial charge in [-0.15, -0.1) is 0 Å². The number of hydrogen-bond donors (Lipinski definition) is 2. The van der Waals surface area contributed by atoms with Crippen molar-refractivity contribution in [1.29, 1.82) is 0 Å². The SMILES string of the molecule is NC(=O)c1ccc(C(=O)N2CCCCC2CCC(=O)O)cc1. The molecule has 1 aliphatic heterocycles. The highest BCUT2D eigenvalue weighted by Crippen LogP contribution is 2.23. The largest absolute Gasteiger partial charge is 0.481 e. The third-order valence-electron chi connectivity index (χ3n) is 4.00. The first-order chi connectivity index (χ1) is 10.5. The molecule has 0 aromatic heterocycles. The number of amides is 2. The second-order valence-electron chi connectivity index (χ2n) is 5.52. The Balaban J connectivity index is 2.10. The summed E-state index contributed by atoms with van der Waals surface area (Å²) in [4.78, 5) is 36.2. The van der Waals surface area contributed by atoms with Crippen molar-refractivity contribution in [2.24, 2.45) is 5.73 Å². The molecule has 1 atom stereocenters. The first-order valence-electron chi connectivity index (χ1n) is 7.41. The van der Waals surface area contributed by atoms with E-state index < -0.39 is 11.9 Å². The molecule has 1 aromatic carbocycles. The quantitative estimate of drug-likeness (QED) is 0.863. The van der Waals surface area contributed by atoms with E-state index in [2.05, 4.69) is 0 Å². The van der Waals surface area contributed by atoms with E-state index in [9.17, 15) is 14.4 Å². The summed E-state index contributed by atoms with van der Waals surface area (Å²) in [7, 11) is 0. The molecule has 22 heavy (non-hydrogen) atoms. The van der Waals surface area contributed by atoms with Crippen LogP contribution in [0.2, 0.25) is 0 Å². The average molecular weight is 304 g/mol. The summed E-state index contributed by atoms with van der Waals surface area (Å²) in [6.45, 7) is 0.640. The molecule has 0 bridgehead atoms. The fraction of sp³-hybridized carbons (Fsp3) is 0.438. The zero-order valence-electron chi connectivity index (χ0n) is 12.3. The molecule has 1 aromatic rings. The summed E-state index contributed by atoms with van der Waals surface area (Å²) in [6, 6.07) is 6.21. The Labute approximate surface area is 128 Å². The minimum absolute atomic E-state index is 0.0341. The second-order valence-corrected chi connectivity index (χ2v) is 5.52. The fourth-order valence-electron chi connectivity index (χ4n) is 2.80. The molecular formula is C16H20N2O4. The molecular weight excluding hydrogens is 284 g/mol. The number of piperidine rings is 1. The van der Waals surface area contributed by atoms with Crippen LogP contribution in [0.4, 0.5) is 0 Å². The molecule has 1 fully saturated rings. The molecule has 0 spiro atoms. The van der Waals surface area contributed by atoms with Crippen LogP contribution >= 0.6 is 0 Å². The van der Waals surface area contributed by atoms with E-state index >= 15 is 0 Å².